The first-order valence-electron chi connectivity index (χ1n) is 7.61. The zero-order valence-corrected chi connectivity index (χ0v) is 11.8. The van der Waals surface area contributed by atoms with Crippen LogP contribution in [0.25, 0.3) is 0 Å². The Bertz CT molecular complexity index is 379. The van der Waals surface area contributed by atoms with Gasteiger partial charge in [0, 0.05) is 12.5 Å². The van der Waals surface area contributed by atoms with Crippen molar-refractivity contribution in [2.45, 2.75) is 33.1 Å². The van der Waals surface area contributed by atoms with Crippen molar-refractivity contribution in [1.29, 1.82) is 0 Å². The number of hydrogen-bond donors (Lipinski definition) is 0. The molecule has 0 saturated heterocycles. The molecule has 0 aliphatic heterocycles. The number of likely N-dealkylation sites (N-methyl/N-ethyl adjacent to an activating group) is 1. The molecule has 1 amide bonds. The molecule has 4 heteroatoms. The van der Waals surface area contributed by atoms with Crippen LogP contribution in [0.2, 0.25) is 0 Å². The fraction of sp³-hybridized carbons (Fsp3) is 0.867. The van der Waals surface area contributed by atoms with Crippen LogP contribution in [0.4, 0.5) is 0 Å². The third kappa shape index (κ3) is 2.05. The van der Waals surface area contributed by atoms with Crippen LogP contribution < -0.4 is 0 Å². The van der Waals surface area contributed by atoms with Crippen molar-refractivity contribution in [1.82, 2.24) is 4.90 Å². The average molecular weight is 265 g/mol. The Kier molecular flexibility index (Phi) is 3.27. The summed E-state index contributed by atoms with van der Waals surface area (Å²) in [4.78, 5) is 25.7. The van der Waals surface area contributed by atoms with E-state index in [1.165, 1.54) is 19.3 Å². The molecule has 4 unspecified atom stereocenters. The Morgan fingerprint density at radius 3 is 2.32 bits per heavy atom. The summed E-state index contributed by atoms with van der Waals surface area (Å²) in [5.74, 6) is 3.01. The summed E-state index contributed by atoms with van der Waals surface area (Å²) in [6.07, 6.45) is 3.99. The standard InChI is InChI=1S/C15H23NO3/c1-3-16(8-11(17)19-4-2)15(18)14-12-9-5-6-10(7-9)13(12)14/h9-10,12-14H,3-8H2,1-2H3. The van der Waals surface area contributed by atoms with E-state index >= 15 is 0 Å². The van der Waals surface area contributed by atoms with Gasteiger partial charge in [-0.3, -0.25) is 9.59 Å². The van der Waals surface area contributed by atoms with Gasteiger partial charge >= 0.3 is 5.97 Å². The minimum absolute atomic E-state index is 0.119. The van der Waals surface area contributed by atoms with E-state index in [1.54, 1.807) is 11.8 Å². The highest BCUT2D eigenvalue weighted by Gasteiger charge is 2.67. The van der Waals surface area contributed by atoms with Gasteiger partial charge in [-0.15, -0.1) is 0 Å². The molecule has 4 atom stereocenters. The molecule has 19 heavy (non-hydrogen) atoms. The number of amides is 1. The zero-order chi connectivity index (χ0) is 13.6. The minimum atomic E-state index is -0.286. The highest BCUT2D eigenvalue weighted by molar-refractivity contribution is 5.86. The number of hydrogen-bond acceptors (Lipinski definition) is 3. The molecule has 3 rings (SSSR count). The first-order valence-corrected chi connectivity index (χ1v) is 7.61. The Morgan fingerprint density at radius 1 is 1.16 bits per heavy atom. The first-order chi connectivity index (χ1) is 9.17. The summed E-state index contributed by atoms with van der Waals surface area (Å²) < 4.78 is 4.94. The molecule has 0 radical (unpaired) electrons. The molecule has 3 aliphatic carbocycles. The molecule has 0 N–H and O–H groups in total. The second kappa shape index (κ2) is 4.80. The van der Waals surface area contributed by atoms with E-state index in [4.69, 9.17) is 4.74 Å². The molecule has 3 saturated carbocycles. The van der Waals surface area contributed by atoms with Crippen LogP contribution >= 0.6 is 0 Å². The largest absolute Gasteiger partial charge is 0.465 e. The number of carbonyl (C=O) groups excluding carboxylic acids is 2. The Morgan fingerprint density at radius 2 is 1.79 bits per heavy atom. The molecule has 106 valence electrons. The van der Waals surface area contributed by atoms with Crippen molar-refractivity contribution in [2.24, 2.45) is 29.6 Å². The predicted octanol–water partition coefficient (Wildman–Crippen LogP) is 1.69. The van der Waals surface area contributed by atoms with Crippen molar-refractivity contribution in [3.8, 4) is 0 Å². The molecule has 2 bridgehead atoms. The van der Waals surface area contributed by atoms with Gasteiger partial charge in [0.25, 0.3) is 0 Å². The maximum atomic E-state index is 12.5. The number of ether oxygens (including phenoxy) is 1. The molecule has 4 nitrogen and oxygen atoms in total. The topological polar surface area (TPSA) is 46.6 Å². The van der Waals surface area contributed by atoms with E-state index in [9.17, 15) is 9.59 Å². The van der Waals surface area contributed by atoms with Crippen LogP contribution in [-0.4, -0.2) is 36.5 Å². The molecule has 3 fully saturated rings. The lowest BCUT2D eigenvalue weighted by Gasteiger charge is -2.21. The van der Waals surface area contributed by atoms with Gasteiger partial charge in [0.05, 0.1) is 6.61 Å². The molecule has 0 spiro atoms. The van der Waals surface area contributed by atoms with E-state index < -0.39 is 0 Å². The van der Waals surface area contributed by atoms with Crippen molar-refractivity contribution >= 4 is 11.9 Å². The second-order valence-electron chi connectivity index (χ2n) is 6.17. The van der Waals surface area contributed by atoms with Gasteiger partial charge < -0.3 is 9.64 Å². The lowest BCUT2D eigenvalue weighted by atomic mass is 10.0. The van der Waals surface area contributed by atoms with Crippen LogP contribution in [0, 0.1) is 29.6 Å². The van der Waals surface area contributed by atoms with Gasteiger partial charge in [-0.2, -0.15) is 0 Å². The Hall–Kier alpha value is -1.06. The molecule has 0 heterocycles. The van der Waals surface area contributed by atoms with Crippen molar-refractivity contribution in [2.75, 3.05) is 19.7 Å². The maximum absolute atomic E-state index is 12.5. The SMILES string of the molecule is CCOC(=O)CN(CC)C(=O)C1C2C3CCC(C3)C12. The van der Waals surface area contributed by atoms with Crippen LogP contribution in [0.15, 0.2) is 0 Å². The summed E-state index contributed by atoms with van der Waals surface area (Å²) in [6, 6.07) is 0. The van der Waals surface area contributed by atoms with Gasteiger partial charge in [0.2, 0.25) is 5.91 Å². The number of fused-ring (bicyclic) bond motifs is 5. The fourth-order valence-electron chi connectivity index (χ4n) is 4.57. The van der Waals surface area contributed by atoms with Crippen LogP contribution in [0.1, 0.15) is 33.1 Å². The van der Waals surface area contributed by atoms with Gasteiger partial charge in [-0.25, -0.2) is 0 Å². The van der Waals surface area contributed by atoms with E-state index in [2.05, 4.69) is 0 Å². The van der Waals surface area contributed by atoms with Crippen molar-refractivity contribution < 1.29 is 14.3 Å². The summed E-state index contributed by atoms with van der Waals surface area (Å²) in [5.41, 5.74) is 0. The highest BCUT2D eigenvalue weighted by Crippen LogP contribution is 2.69. The minimum Gasteiger partial charge on any atom is -0.465 e. The van der Waals surface area contributed by atoms with Crippen LogP contribution in [-0.2, 0) is 14.3 Å². The average Bonchev–Trinajstić information content (AvgIpc) is 2.83. The Labute approximate surface area is 114 Å². The van der Waals surface area contributed by atoms with Crippen molar-refractivity contribution in [3.05, 3.63) is 0 Å². The van der Waals surface area contributed by atoms with Gasteiger partial charge in [-0.1, -0.05) is 0 Å². The fourth-order valence-corrected chi connectivity index (χ4v) is 4.57. The molecular weight excluding hydrogens is 242 g/mol. The smallest absolute Gasteiger partial charge is 0.325 e. The normalized spacial score (nSPS) is 37.9. The molecule has 0 aromatic heterocycles. The van der Waals surface area contributed by atoms with E-state index in [-0.39, 0.29) is 24.3 Å². The quantitative estimate of drug-likeness (QED) is 0.711. The van der Waals surface area contributed by atoms with Gasteiger partial charge in [-0.05, 0) is 56.8 Å². The highest BCUT2D eigenvalue weighted by atomic mass is 16.5. The number of esters is 1. The predicted molar refractivity (Wildman–Crippen MR) is 70.2 cm³/mol. The maximum Gasteiger partial charge on any atom is 0.325 e. The zero-order valence-electron chi connectivity index (χ0n) is 11.8. The third-order valence-electron chi connectivity index (χ3n) is 5.34. The number of nitrogens with zero attached hydrogens (tertiary/aromatic N) is 1. The van der Waals surface area contributed by atoms with E-state index in [0.29, 0.717) is 25.0 Å². The molecule has 0 aromatic carbocycles. The monoisotopic (exact) mass is 265 g/mol. The Balaban J connectivity index is 1.59. The lowest BCUT2D eigenvalue weighted by molar-refractivity contribution is -0.149. The molecule has 3 aliphatic rings. The van der Waals surface area contributed by atoms with E-state index in [0.717, 1.165) is 11.8 Å². The summed E-state index contributed by atoms with van der Waals surface area (Å²) in [5, 5.41) is 0. The van der Waals surface area contributed by atoms with Crippen LogP contribution in [0.3, 0.4) is 0 Å². The summed E-state index contributed by atoms with van der Waals surface area (Å²) >= 11 is 0. The third-order valence-corrected chi connectivity index (χ3v) is 5.34. The van der Waals surface area contributed by atoms with E-state index in [1.807, 2.05) is 6.92 Å². The lowest BCUT2D eigenvalue weighted by Crippen LogP contribution is -2.38. The molecule has 0 aromatic rings. The summed E-state index contributed by atoms with van der Waals surface area (Å²) in [6.45, 7) is 4.82. The summed E-state index contributed by atoms with van der Waals surface area (Å²) in [7, 11) is 0. The second-order valence-corrected chi connectivity index (χ2v) is 6.17. The van der Waals surface area contributed by atoms with Crippen molar-refractivity contribution in [3.63, 3.8) is 0 Å². The first kappa shape index (κ1) is 12.9. The number of rotatable bonds is 5. The van der Waals surface area contributed by atoms with Crippen LogP contribution in [0.5, 0.6) is 0 Å². The number of carbonyl (C=O) groups is 2. The van der Waals surface area contributed by atoms with Gasteiger partial charge in [0.1, 0.15) is 6.54 Å². The van der Waals surface area contributed by atoms with Gasteiger partial charge in [0.15, 0.2) is 0 Å². The molecular formula is C15H23NO3.